The fraction of sp³-hybridized carbons (Fsp3) is 0.100. The van der Waals surface area contributed by atoms with E-state index < -0.39 is 0 Å². The molecule has 76 valence electrons. The highest BCUT2D eigenvalue weighted by molar-refractivity contribution is 5.55. The first-order chi connectivity index (χ1) is 7.25. The Labute approximate surface area is 87.1 Å². The third-order valence-electron chi connectivity index (χ3n) is 1.79. The van der Waals surface area contributed by atoms with Crippen molar-refractivity contribution in [1.82, 2.24) is 20.2 Å². The van der Waals surface area contributed by atoms with Crippen LogP contribution in [0.4, 0.5) is 0 Å². The predicted molar refractivity (Wildman–Crippen MR) is 57.5 cm³/mol. The second-order valence-corrected chi connectivity index (χ2v) is 3.17. The Hall–Kier alpha value is -2.17. The van der Waals surface area contributed by atoms with Gasteiger partial charge in [0.2, 0.25) is 0 Å². The van der Waals surface area contributed by atoms with E-state index in [-0.39, 0.29) is 0 Å². The molecule has 0 unspecified atom stereocenters. The van der Waals surface area contributed by atoms with Crippen LogP contribution in [-0.4, -0.2) is 20.2 Å². The van der Waals surface area contributed by atoms with E-state index in [1.165, 1.54) is 0 Å². The Kier molecular flexibility index (Phi) is 2.45. The topological polar surface area (TPSA) is 80.5 Å². The van der Waals surface area contributed by atoms with Gasteiger partial charge in [0, 0.05) is 29.7 Å². The molecule has 2 aromatic heterocycles. The first-order valence-electron chi connectivity index (χ1n) is 4.52. The number of aromatic amines is 1. The molecule has 0 saturated carbocycles. The standard InChI is InChI=1S/C10H11N5/c1-7(11)5-9-13-10(15-14-9)8-3-2-4-12-6-8/h2-6H,11H2,1H3,(H,13,14,15)/b7-5-. The van der Waals surface area contributed by atoms with Crippen LogP contribution in [-0.2, 0) is 0 Å². The number of nitrogens with zero attached hydrogens (tertiary/aromatic N) is 3. The normalized spacial score (nSPS) is 11.7. The van der Waals surface area contributed by atoms with E-state index in [0.717, 1.165) is 5.56 Å². The lowest BCUT2D eigenvalue weighted by Crippen LogP contribution is -1.90. The van der Waals surface area contributed by atoms with Crippen LogP contribution in [0.5, 0.6) is 0 Å². The maximum atomic E-state index is 5.53. The van der Waals surface area contributed by atoms with Gasteiger partial charge in [0.15, 0.2) is 11.6 Å². The van der Waals surface area contributed by atoms with Gasteiger partial charge in [0.25, 0.3) is 0 Å². The summed E-state index contributed by atoms with van der Waals surface area (Å²) in [5, 5.41) is 6.85. The number of nitrogens with one attached hydrogen (secondary N) is 1. The molecule has 2 aromatic rings. The van der Waals surface area contributed by atoms with Crippen LogP contribution in [0.2, 0.25) is 0 Å². The molecule has 0 aliphatic rings. The fourth-order valence-electron chi connectivity index (χ4n) is 1.18. The zero-order valence-corrected chi connectivity index (χ0v) is 8.31. The smallest absolute Gasteiger partial charge is 0.183 e. The molecule has 0 atom stereocenters. The van der Waals surface area contributed by atoms with Gasteiger partial charge in [0.05, 0.1) is 0 Å². The summed E-state index contributed by atoms with van der Waals surface area (Å²) in [7, 11) is 0. The van der Waals surface area contributed by atoms with E-state index in [1.54, 1.807) is 25.4 Å². The van der Waals surface area contributed by atoms with Gasteiger partial charge < -0.3 is 5.73 Å². The molecule has 0 amide bonds. The number of allylic oxidation sites excluding steroid dienone is 1. The maximum Gasteiger partial charge on any atom is 0.183 e. The molecule has 0 aromatic carbocycles. The molecule has 5 heteroatoms. The van der Waals surface area contributed by atoms with Gasteiger partial charge >= 0.3 is 0 Å². The second kappa shape index (κ2) is 3.91. The first-order valence-corrected chi connectivity index (χ1v) is 4.52. The number of pyridine rings is 1. The van der Waals surface area contributed by atoms with Crippen molar-refractivity contribution >= 4 is 6.08 Å². The van der Waals surface area contributed by atoms with Crippen LogP contribution < -0.4 is 5.73 Å². The zero-order chi connectivity index (χ0) is 10.7. The quantitative estimate of drug-likeness (QED) is 0.764. The Morgan fingerprint density at radius 1 is 1.53 bits per heavy atom. The van der Waals surface area contributed by atoms with E-state index in [4.69, 9.17) is 5.73 Å². The Balaban J connectivity index is 2.32. The van der Waals surface area contributed by atoms with E-state index in [9.17, 15) is 0 Å². The molecule has 0 aliphatic carbocycles. The highest BCUT2D eigenvalue weighted by atomic mass is 15.2. The molecular formula is C10H11N5. The number of hydrogen-bond acceptors (Lipinski definition) is 4. The second-order valence-electron chi connectivity index (χ2n) is 3.17. The average molecular weight is 201 g/mol. The third-order valence-corrected chi connectivity index (χ3v) is 1.79. The van der Waals surface area contributed by atoms with Gasteiger partial charge in [-0.2, -0.15) is 5.10 Å². The van der Waals surface area contributed by atoms with Crippen molar-refractivity contribution in [3.05, 3.63) is 36.0 Å². The van der Waals surface area contributed by atoms with E-state index in [2.05, 4.69) is 20.2 Å². The minimum Gasteiger partial charge on any atom is -0.402 e. The van der Waals surface area contributed by atoms with Gasteiger partial charge in [-0.25, -0.2) is 4.98 Å². The molecule has 0 bridgehead atoms. The van der Waals surface area contributed by atoms with Crippen LogP contribution in [0.3, 0.4) is 0 Å². The summed E-state index contributed by atoms with van der Waals surface area (Å²) in [5.74, 6) is 1.27. The monoisotopic (exact) mass is 201 g/mol. The maximum absolute atomic E-state index is 5.53. The molecule has 2 rings (SSSR count). The van der Waals surface area contributed by atoms with Crippen LogP contribution >= 0.6 is 0 Å². The summed E-state index contributed by atoms with van der Waals surface area (Å²) in [5.41, 5.74) is 7.10. The predicted octanol–water partition coefficient (Wildman–Crippen LogP) is 1.19. The highest BCUT2D eigenvalue weighted by Gasteiger charge is 2.03. The van der Waals surface area contributed by atoms with Gasteiger partial charge in [-0.3, -0.25) is 10.1 Å². The van der Waals surface area contributed by atoms with Gasteiger partial charge in [-0.05, 0) is 19.1 Å². The molecule has 0 fully saturated rings. The summed E-state index contributed by atoms with van der Waals surface area (Å²) >= 11 is 0. The van der Waals surface area contributed by atoms with E-state index in [0.29, 0.717) is 17.3 Å². The summed E-state index contributed by atoms with van der Waals surface area (Å²) in [6.07, 6.45) is 5.15. The molecular weight excluding hydrogens is 190 g/mol. The number of nitrogens with two attached hydrogens (primary N) is 1. The summed E-state index contributed by atoms with van der Waals surface area (Å²) < 4.78 is 0. The molecule has 0 aliphatic heterocycles. The first kappa shape index (κ1) is 9.39. The molecule has 0 radical (unpaired) electrons. The molecule has 15 heavy (non-hydrogen) atoms. The fourth-order valence-corrected chi connectivity index (χ4v) is 1.18. The van der Waals surface area contributed by atoms with Gasteiger partial charge in [-0.15, -0.1) is 0 Å². The Bertz CT molecular complexity index is 468. The Morgan fingerprint density at radius 3 is 3.07 bits per heavy atom. The lowest BCUT2D eigenvalue weighted by molar-refractivity contribution is 1.08. The number of rotatable bonds is 2. The number of H-pyrrole nitrogens is 1. The molecule has 2 heterocycles. The summed E-state index contributed by atoms with van der Waals surface area (Å²) in [6.45, 7) is 1.80. The van der Waals surface area contributed by atoms with Crippen molar-refractivity contribution in [1.29, 1.82) is 0 Å². The number of hydrogen-bond donors (Lipinski definition) is 2. The Morgan fingerprint density at radius 2 is 2.40 bits per heavy atom. The lowest BCUT2D eigenvalue weighted by atomic mass is 10.3. The van der Waals surface area contributed by atoms with Crippen LogP contribution in [0.1, 0.15) is 12.7 Å². The van der Waals surface area contributed by atoms with Crippen molar-refractivity contribution in [3.8, 4) is 11.4 Å². The van der Waals surface area contributed by atoms with Crippen LogP contribution in [0, 0.1) is 0 Å². The van der Waals surface area contributed by atoms with Gasteiger partial charge in [-0.1, -0.05) is 0 Å². The van der Waals surface area contributed by atoms with Crippen molar-refractivity contribution in [3.63, 3.8) is 0 Å². The van der Waals surface area contributed by atoms with Crippen molar-refractivity contribution in [2.75, 3.05) is 0 Å². The molecule has 3 N–H and O–H groups in total. The highest BCUT2D eigenvalue weighted by Crippen LogP contribution is 2.12. The van der Waals surface area contributed by atoms with E-state index >= 15 is 0 Å². The van der Waals surface area contributed by atoms with Crippen molar-refractivity contribution < 1.29 is 0 Å². The average Bonchev–Trinajstić information content (AvgIpc) is 2.67. The van der Waals surface area contributed by atoms with Crippen LogP contribution in [0.25, 0.3) is 17.5 Å². The van der Waals surface area contributed by atoms with Gasteiger partial charge in [0.1, 0.15) is 0 Å². The molecule has 5 nitrogen and oxygen atoms in total. The zero-order valence-electron chi connectivity index (χ0n) is 8.31. The summed E-state index contributed by atoms with van der Waals surface area (Å²) in [6, 6.07) is 3.74. The van der Waals surface area contributed by atoms with E-state index in [1.807, 2.05) is 12.1 Å². The molecule has 0 saturated heterocycles. The van der Waals surface area contributed by atoms with Crippen LogP contribution in [0.15, 0.2) is 30.2 Å². The molecule has 0 spiro atoms. The minimum absolute atomic E-state index is 0.621. The van der Waals surface area contributed by atoms with Crippen molar-refractivity contribution in [2.45, 2.75) is 6.92 Å². The summed E-state index contributed by atoms with van der Waals surface area (Å²) in [4.78, 5) is 8.25. The van der Waals surface area contributed by atoms with Crippen molar-refractivity contribution in [2.24, 2.45) is 5.73 Å². The minimum atomic E-state index is 0.621. The number of aromatic nitrogens is 4. The third kappa shape index (κ3) is 2.19. The lowest BCUT2D eigenvalue weighted by Gasteiger charge is -1.90. The SMILES string of the molecule is C/C(N)=C/c1nc(-c2cccnc2)n[nH]1. The largest absolute Gasteiger partial charge is 0.402 e.